The van der Waals surface area contributed by atoms with Crippen LogP contribution in [0.2, 0.25) is 0 Å². The predicted molar refractivity (Wildman–Crippen MR) is 66.8 cm³/mol. The van der Waals surface area contributed by atoms with Crippen molar-refractivity contribution in [2.24, 2.45) is 0 Å². The quantitative estimate of drug-likeness (QED) is 0.686. The molecule has 0 spiro atoms. The Balaban J connectivity index is 2.09. The number of hydrogen-bond donors (Lipinski definition) is 2. The Kier molecular flexibility index (Phi) is 2.38. The van der Waals surface area contributed by atoms with E-state index in [0.29, 0.717) is 0 Å². The van der Waals surface area contributed by atoms with Crippen LogP contribution in [0.1, 0.15) is 22.9 Å². The van der Waals surface area contributed by atoms with Crippen LogP contribution in [0.15, 0.2) is 53.5 Å². The third kappa shape index (κ3) is 1.59. The summed E-state index contributed by atoms with van der Waals surface area (Å²) in [6.07, 6.45) is 3.94. The summed E-state index contributed by atoms with van der Waals surface area (Å²) in [5.41, 5.74) is 3.77. The molecular weight excluding hydrogens is 216 g/mol. The third-order valence-corrected chi connectivity index (χ3v) is 3.44. The smallest absolute Gasteiger partial charge is 0.0649 e. The highest BCUT2D eigenvalue weighted by Crippen LogP contribution is 2.30. The summed E-state index contributed by atoms with van der Waals surface area (Å²) in [7, 11) is 0. The van der Waals surface area contributed by atoms with E-state index in [2.05, 4.69) is 38.9 Å². The van der Waals surface area contributed by atoms with Gasteiger partial charge in [-0.05, 0) is 46.7 Å². The van der Waals surface area contributed by atoms with E-state index in [9.17, 15) is 0 Å². The molecule has 0 amide bonds. The molecule has 0 aliphatic carbocycles. The van der Waals surface area contributed by atoms with Crippen molar-refractivity contribution in [1.82, 2.24) is 9.97 Å². The first kappa shape index (κ1) is 9.48. The summed E-state index contributed by atoms with van der Waals surface area (Å²) < 4.78 is 0. The first-order chi connectivity index (χ1) is 7.95. The van der Waals surface area contributed by atoms with Crippen LogP contribution >= 0.6 is 11.3 Å². The average molecular weight is 228 g/mol. The number of thiophene rings is 1. The first-order valence-electron chi connectivity index (χ1n) is 5.24. The van der Waals surface area contributed by atoms with Gasteiger partial charge in [-0.1, -0.05) is 0 Å². The zero-order valence-electron chi connectivity index (χ0n) is 8.68. The van der Waals surface area contributed by atoms with E-state index >= 15 is 0 Å². The van der Waals surface area contributed by atoms with Crippen LogP contribution in [-0.2, 0) is 0 Å². The van der Waals surface area contributed by atoms with Crippen LogP contribution in [0.5, 0.6) is 0 Å². The monoisotopic (exact) mass is 228 g/mol. The zero-order chi connectivity index (χ0) is 10.8. The maximum Gasteiger partial charge on any atom is 0.0649 e. The largest absolute Gasteiger partial charge is 0.364 e. The van der Waals surface area contributed by atoms with Crippen molar-refractivity contribution in [1.29, 1.82) is 0 Å². The summed E-state index contributed by atoms with van der Waals surface area (Å²) in [6, 6.07) is 10.5. The van der Waals surface area contributed by atoms with Gasteiger partial charge in [0.1, 0.15) is 0 Å². The van der Waals surface area contributed by atoms with Gasteiger partial charge < -0.3 is 9.97 Å². The molecule has 3 aromatic rings. The maximum atomic E-state index is 3.30. The summed E-state index contributed by atoms with van der Waals surface area (Å²) in [5, 5.41) is 4.32. The molecular formula is C13H12N2S. The molecule has 0 atom stereocenters. The lowest BCUT2D eigenvalue weighted by atomic mass is 9.95. The second-order valence-electron chi connectivity index (χ2n) is 3.74. The molecule has 2 nitrogen and oxygen atoms in total. The second kappa shape index (κ2) is 4.02. The Bertz CT molecular complexity index is 439. The Morgan fingerprint density at radius 3 is 2.06 bits per heavy atom. The summed E-state index contributed by atoms with van der Waals surface area (Å²) >= 11 is 1.73. The van der Waals surface area contributed by atoms with Gasteiger partial charge in [0, 0.05) is 23.8 Å². The molecule has 0 radical (unpaired) electrons. The highest BCUT2D eigenvalue weighted by Gasteiger charge is 2.18. The Morgan fingerprint density at radius 1 is 0.938 bits per heavy atom. The fourth-order valence-electron chi connectivity index (χ4n) is 2.01. The summed E-state index contributed by atoms with van der Waals surface area (Å²) in [5.74, 6) is 0.288. The van der Waals surface area contributed by atoms with E-state index in [1.54, 1.807) is 11.3 Å². The Hall–Kier alpha value is -1.74. The van der Waals surface area contributed by atoms with Gasteiger partial charge in [0.25, 0.3) is 0 Å². The van der Waals surface area contributed by atoms with E-state index < -0.39 is 0 Å². The van der Waals surface area contributed by atoms with Crippen LogP contribution in [0.3, 0.4) is 0 Å². The van der Waals surface area contributed by atoms with Crippen LogP contribution in [0.4, 0.5) is 0 Å². The van der Waals surface area contributed by atoms with Gasteiger partial charge in [0.2, 0.25) is 0 Å². The van der Waals surface area contributed by atoms with Crippen molar-refractivity contribution in [3.05, 3.63) is 70.4 Å². The minimum atomic E-state index is 0.288. The SMILES string of the molecule is c1c[nH]c(C(c2ccsc2)c2ccc[nH]2)c1. The third-order valence-electron chi connectivity index (χ3n) is 2.74. The molecule has 0 aliphatic heterocycles. The van der Waals surface area contributed by atoms with E-state index in [0.717, 1.165) is 0 Å². The van der Waals surface area contributed by atoms with E-state index in [4.69, 9.17) is 0 Å². The van der Waals surface area contributed by atoms with Crippen LogP contribution < -0.4 is 0 Å². The standard InChI is InChI=1S/C13H12N2S/c1-3-11(14-6-1)13(10-5-8-16-9-10)12-4-2-7-15-12/h1-9,13-15H. The van der Waals surface area contributed by atoms with Gasteiger partial charge in [-0.25, -0.2) is 0 Å². The maximum absolute atomic E-state index is 3.30. The first-order valence-corrected chi connectivity index (χ1v) is 6.18. The number of nitrogens with one attached hydrogen (secondary N) is 2. The van der Waals surface area contributed by atoms with Gasteiger partial charge >= 0.3 is 0 Å². The minimum Gasteiger partial charge on any atom is -0.364 e. The topological polar surface area (TPSA) is 31.6 Å². The highest BCUT2D eigenvalue weighted by atomic mass is 32.1. The van der Waals surface area contributed by atoms with E-state index in [-0.39, 0.29) is 5.92 Å². The number of aromatic nitrogens is 2. The Morgan fingerprint density at radius 2 is 1.62 bits per heavy atom. The molecule has 0 aromatic carbocycles. The lowest BCUT2D eigenvalue weighted by Crippen LogP contribution is -2.02. The second-order valence-corrected chi connectivity index (χ2v) is 4.52. The molecule has 0 fully saturated rings. The molecule has 3 aromatic heterocycles. The molecule has 0 aliphatic rings. The van der Waals surface area contributed by atoms with Crippen LogP contribution in [-0.4, -0.2) is 9.97 Å². The molecule has 2 N–H and O–H groups in total. The van der Waals surface area contributed by atoms with Crippen LogP contribution in [0.25, 0.3) is 0 Å². The van der Waals surface area contributed by atoms with Gasteiger partial charge in [0.05, 0.1) is 5.92 Å². The van der Waals surface area contributed by atoms with Crippen molar-refractivity contribution >= 4 is 11.3 Å². The van der Waals surface area contributed by atoms with Crippen molar-refractivity contribution in [3.8, 4) is 0 Å². The molecule has 3 heteroatoms. The van der Waals surface area contributed by atoms with Gasteiger partial charge in [0.15, 0.2) is 0 Å². The van der Waals surface area contributed by atoms with E-state index in [1.807, 2.05) is 24.5 Å². The van der Waals surface area contributed by atoms with Crippen molar-refractivity contribution < 1.29 is 0 Å². The molecule has 0 saturated carbocycles. The summed E-state index contributed by atoms with van der Waals surface area (Å²) in [4.78, 5) is 6.60. The van der Waals surface area contributed by atoms with Gasteiger partial charge in [-0.3, -0.25) is 0 Å². The molecule has 3 heterocycles. The molecule has 0 saturated heterocycles. The molecule has 3 rings (SSSR count). The molecule has 16 heavy (non-hydrogen) atoms. The minimum absolute atomic E-state index is 0.288. The van der Waals surface area contributed by atoms with Crippen molar-refractivity contribution in [2.75, 3.05) is 0 Å². The fourth-order valence-corrected chi connectivity index (χ4v) is 2.70. The number of H-pyrrole nitrogens is 2. The number of hydrogen-bond acceptors (Lipinski definition) is 1. The van der Waals surface area contributed by atoms with E-state index in [1.165, 1.54) is 17.0 Å². The van der Waals surface area contributed by atoms with Gasteiger partial charge in [-0.15, -0.1) is 0 Å². The van der Waals surface area contributed by atoms with Gasteiger partial charge in [-0.2, -0.15) is 11.3 Å². The predicted octanol–water partition coefficient (Wildman–Crippen LogP) is 3.58. The van der Waals surface area contributed by atoms with Crippen molar-refractivity contribution in [2.45, 2.75) is 5.92 Å². The summed E-state index contributed by atoms with van der Waals surface area (Å²) in [6.45, 7) is 0. The lowest BCUT2D eigenvalue weighted by Gasteiger charge is -2.12. The molecule has 80 valence electrons. The number of aromatic amines is 2. The van der Waals surface area contributed by atoms with Crippen LogP contribution in [0, 0.1) is 0 Å². The fraction of sp³-hybridized carbons (Fsp3) is 0.0769. The zero-order valence-corrected chi connectivity index (χ0v) is 9.50. The lowest BCUT2D eigenvalue weighted by molar-refractivity contribution is 0.903. The highest BCUT2D eigenvalue weighted by molar-refractivity contribution is 7.08. The average Bonchev–Trinajstić information content (AvgIpc) is 3.02. The van der Waals surface area contributed by atoms with Crippen molar-refractivity contribution in [3.63, 3.8) is 0 Å². The Labute approximate surface area is 98.0 Å². The number of rotatable bonds is 3. The molecule has 0 unspecified atom stereocenters. The normalized spacial score (nSPS) is 11.1. The molecule has 0 bridgehead atoms.